The molecule has 0 atom stereocenters. The fourth-order valence-corrected chi connectivity index (χ4v) is 2.40. The van der Waals surface area contributed by atoms with E-state index in [0.29, 0.717) is 6.61 Å². The van der Waals surface area contributed by atoms with E-state index in [9.17, 15) is 0 Å². The van der Waals surface area contributed by atoms with Crippen molar-refractivity contribution < 1.29 is 13.9 Å². The molecule has 0 radical (unpaired) electrons. The van der Waals surface area contributed by atoms with Gasteiger partial charge in [0.1, 0.15) is 23.9 Å². The average Bonchev–Trinajstić information content (AvgIpc) is 3.36. The zero-order chi connectivity index (χ0) is 16.9. The molecule has 5 nitrogen and oxygen atoms in total. The maximum atomic E-state index is 5.86. The molecule has 2 aromatic carbocycles. The number of H-pyrrole nitrogens is 1. The van der Waals surface area contributed by atoms with Crippen molar-refractivity contribution in [2.75, 3.05) is 0 Å². The van der Waals surface area contributed by atoms with E-state index in [0.717, 1.165) is 34.1 Å². The van der Waals surface area contributed by atoms with Gasteiger partial charge in [0.05, 0.1) is 18.2 Å². The maximum absolute atomic E-state index is 5.86. The summed E-state index contributed by atoms with van der Waals surface area (Å²) in [6.07, 6.45) is 5.04. The molecule has 0 bridgehead atoms. The summed E-state index contributed by atoms with van der Waals surface area (Å²) in [6, 6.07) is 19.2. The molecular weight excluding hydrogens is 316 g/mol. The first kappa shape index (κ1) is 15.1. The van der Waals surface area contributed by atoms with Crippen LogP contribution >= 0.6 is 0 Å². The number of nitrogens with one attached hydrogen (secondary N) is 1. The van der Waals surface area contributed by atoms with E-state index in [4.69, 9.17) is 13.9 Å². The third-order valence-electron chi connectivity index (χ3n) is 3.71. The Hall–Kier alpha value is -3.47. The largest absolute Gasteiger partial charge is 0.489 e. The van der Waals surface area contributed by atoms with E-state index in [1.165, 1.54) is 0 Å². The van der Waals surface area contributed by atoms with E-state index in [1.807, 2.05) is 60.7 Å². The van der Waals surface area contributed by atoms with E-state index in [2.05, 4.69) is 10.2 Å². The molecule has 0 aliphatic heterocycles. The summed E-state index contributed by atoms with van der Waals surface area (Å²) in [5, 5.41) is 6.90. The standard InChI is InChI=1S/C20H16N2O3/c1-3-18(4-2-16(1)20-9-11-21-22-20)25-19-7-5-17(6-8-19)24-14-15-10-12-23-13-15/h1-13H,14H2,(H,21,22). The highest BCUT2D eigenvalue weighted by molar-refractivity contribution is 5.59. The summed E-state index contributed by atoms with van der Waals surface area (Å²) in [7, 11) is 0. The summed E-state index contributed by atoms with van der Waals surface area (Å²) >= 11 is 0. The fraction of sp³-hybridized carbons (Fsp3) is 0.0500. The highest BCUT2D eigenvalue weighted by Crippen LogP contribution is 2.26. The van der Waals surface area contributed by atoms with Gasteiger partial charge in [-0.3, -0.25) is 5.10 Å². The van der Waals surface area contributed by atoms with Crippen LogP contribution in [-0.4, -0.2) is 10.2 Å². The number of aromatic amines is 1. The van der Waals surface area contributed by atoms with E-state index < -0.39 is 0 Å². The van der Waals surface area contributed by atoms with Crippen LogP contribution in [0.25, 0.3) is 11.3 Å². The summed E-state index contributed by atoms with van der Waals surface area (Å²) in [6.45, 7) is 0.478. The lowest BCUT2D eigenvalue weighted by Crippen LogP contribution is -1.93. The van der Waals surface area contributed by atoms with Gasteiger partial charge in [0.25, 0.3) is 0 Å². The maximum Gasteiger partial charge on any atom is 0.127 e. The third kappa shape index (κ3) is 3.72. The predicted octanol–water partition coefficient (Wildman–Crippen LogP) is 5.04. The van der Waals surface area contributed by atoms with Gasteiger partial charge in [0, 0.05) is 11.8 Å². The summed E-state index contributed by atoms with van der Waals surface area (Å²) in [5.74, 6) is 2.31. The molecule has 0 aliphatic carbocycles. The SMILES string of the molecule is c1cc(-c2ccc(Oc3ccc(OCc4ccoc4)cc3)cc2)[nH]n1. The van der Waals surface area contributed by atoms with Gasteiger partial charge in [-0.25, -0.2) is 0 Å². The molecule has 4 rings (SSSR count). The minimum Gasteiger partial charge on any atom is -0.489 e. The van der Waals surface area contributed by atoms with Crippen molar-refractivity contribution in [3.05, 3.63) is 85.0 Å². The fourth-order valence-electron chi connectivity index (χ4n) is 2.40. The lowest BCUT2D eigenvalue weighted by atomic mass is 10.1. The van der Waals surface area contributed by atoms with E-state index in [-0.39, 0.29) is 0 Å². The van der Waals surface area contributed by atoms with Crippen LogP contribution in [0.2, 0.25) is 0 Å². The van der Waals surface area contributed by atoms with Crippen molar-refractivity contribution in [3.8, 4) is 28.5 Å². The Kier molecular flexibility index (Phi) is 4.20. The molecule has 4 aromatic rings. The third-order valence-corrected chi connectivity index (χ3v) is 3.71. The molecule has 0 amide bonds. The predicted molar refractivity (Wildman–Crippen MR) is 93.6 cm³/mol. The molecule has 0 spiro atoms. The number of hydrogen-bond acceptors (Lipinski definition) is 4. The Balaban J connectivity index is 1.37. The minimum absolute atomic E-state index is 0.478. The molecule has 0 saturated heterocycles. The van der Waals surface area contributed by atoms with Crippen LogP contribution in [0.15, 0.2) is 83.8 Å². The first-order chi connectivity index (χ1) is 12.4. The van der Waals surface area contributed by atoms with Crippen molar-refractivity contribution in [1.29, 1.82) is 0 Å². The van der Waals surface area contributed by atoms with Gasteiger partial charge in [0.15, 0.2) is 0 Å². The Morgan fingerprint density at radius 2 is 1.56 bits per heavy atom. The van der Waals surface area contributed by atoms with Gasteiger partial charge in [0.2, 0.25) is 0 Å². The highest BCUT2D eigenvalue weighted by atomic mass is 16.5. The molecule has 124 valence electrons. The van der Waals surface area contributed by atoms with Crippen LogP contribution in [-0.2, 0) is 6.61 Å². The van der Waals surface area contributed by atoms with Gasteiger partial charge >= 0.3 is 0 Å². The minimum atomic E-state index is 0.478. The molecule has 0 fully saturated rings. The second kappa shape index (κ2) is 6.97. The van der Waals surface area contributed by atoms with Crippen LogP contribution in [0.1, 0.15) is 5.56 Å². The molecule has 1 N–H and O–H groups in total. The van der Waals surface area contributed by atoms with E-state index in [1.54, 1.807) is 18.7 Å². The van der Waals surface area contributed by atoms with Crippen LogP contribution < -0.4 is 9.47 Å². The van der Waals surface area contributed by atoms with Crippen molar-refractivity contribution in [2.45, 2.75) is 6.61 Å². The highest BCUT2D eigenvalue weighted by Gasteiger charge is 2.02. The van der Waals surface area contributed by atoms with Crippen molar-refractivity contribution in [3.63, 3.8) is 0 Å². The molecule has 2 heterocycles. The van der Waals surface area contributed by atoms with Crippen LogP contribution in [0.4, 0.5) is 0 Å². The van der Waals surface area contributed by atoms with Crippen LogP contribution in [0, 0.1) is 0 Å². The Bertz CT molecular complexity index is 897. The van der Waals surface area contributed by atoms with Crippen molar-refractivity contribution >= 4 is 0 Å². The number of benzene rings is 2. The summed E-state index contributed by atoms with van der Waals surface area (Å²) < 4.78 is 16.6. The average molecular weight is 332 g/mol. The van der Waals surface area contributed by atoms with Gasteiger partial charge < -0.3 is 13.9 Å². The number of ether oxygens (including phenoxy) is 2. The molecule has 0 unspecified atom stereocenters. The normalized spacial score (nSPS) is 10.6. The molecular formula is C20H16N2O3. The Labute approximate surface area is 144 Å². The molecule has 0 aliphatic rings. The lowest BCUT2D eigenvalue weighted by molar-refractivity contribution is 0.304. The zero-order valence-electron chi connectivity index (χ0n) is 13.4. The smallest absolute Gasteiger partial charge is 0.127 e. The van der Waals surface area contributed by atoms with E-state index >= 15 is 0 Å². The van der Waals surface area contributed by atoms with Crippen LogP contribution in [0.3, 0.4) is 0 Å². The Morgan fingerprint density at radius 3 is 2.20 bits per heavy atom. The second-order valence-electron chi connectivity index (χ2n) is 5.49. The topological polar surface area (TPSA) is 60.3 Å². The molecule has 5 heteroatoms. The molecule has 0 saturated carbocycles. The first-order valence-corrected chi connectivity index (χ1v) is 7.88. The van der Waals surface area contributed by atoms with Crippen molar-refractivity contribution in [2.24, 2.45) is 0 Å². The molecule has 2 aromatic heterocycles. The summed E-state index contributed by atoms with van der Waals surface area (Å²) in [4.78, 5) is 0. The Morgan fingerprint density at radius 1 is 0.840 bits per heavy atom. The van der Waals surface area contributed by atoms with Crippen molar-refractivity contribution in [1.82, 2.24) is 10.2 Å². The number of rotatable bonds is 6. The molecule has 25 heavy (non-hydrogen) atoms. The quantitative estimate of drug-likeness (QED) is 0.537. The van der Waals surface area contributed by atoms with Gasteiger partial charge in [-0.1, -0.05) is 0 Å². The lowest BCUT2D eigenvalue weighted by Gasteiger charge is -2.08. The summed E-state index contributed by atoms with van der Waals surface area (Å²) in [5.41, 5.74) is 3.04. The van der Waals surface area contributed by atoms with Gasteiger partial charge in [-0.2, -0.15) is 5.10 Å². The number of hydrogen-bond donors (Lipinski definition) is 1. The van der Waals surface area contributed by atoms with Gasteiger partial charge in [-0.15, -0.1) is 0 Å². The van der Waals surface area contributed by atoms with Gasteiger partial charge in [-0.05, 0) is 66.2 Å². The first-order valence-electron chi connectivity index (χ1n) is 7.88. The monoisotopic (exact) mass is 332 g/mol. The number of nitrogens with zero attached hydrogens (tertiary/aromatic N) is 1. The number of aromatic nitrogens is 2. The zero-order valence-corrected chi connectivity index (χ0v) is 13.4. The second-order valence-corrected chi connectivity index (χ2v) is 5.49. The number of furan rings is 1. The van der Waals surface area contributed by atoms with Crippen LogP contribution in [0.5, 0.6) is 17.2 Å².